The lowest BCUT2D eigenvalue weighted by Crippen LogP contribution is -2.28. The van der Waals surface area contributed by atoms with Gasteiger partial charge in [0, 0.05) is 42.3 Å². The molecule has 0 saturated heterocycles. The molecule has 11 heteroatoms. The van der Waals surface area contributed by atoms with Crippen LogP contribution in [0, 0.1) is 6.92 Å². The molecule has 36 heavy (non-hydrogen) atoms. The first-order chi connectivity index (χ1) is 17.0. The summed E-state index contributed by atoms with van der Waals surface area (Å²) in [7, 11) is 1.58. The molecule has 9 nitrogen and oxygen atoms in total. The maximum Gasteiger partial charge on any atom is 0.251 e. The van der Waals surface area contributed by atoms with Gasteiger partial charge in [-0.1, -0.05) is 11.6 Å². The van der Waals surface area contributed by atoms with Crippen LogP contribution in [-0.2, 0) is 4.74 Å². The fourth-order valence-corrected chi connectivity index (χ4v) is 3.95. The molecule has 0 aliphatic heterocycles. The van der Waals surface area contributed by atoms with Crippen molar-refractivity contribution in [3.05, 3.63) is 71.1 Å². The first-order valence-electron chi connectivity index (χ1n) is 11.1. The van der Waals surface area contributed by atoms with Gasteiger partial charge in [0.25, 0.3) is 5.91 Å². The zero-order valence-corrected chi connectivity index (χ0v) is 21.5. The molecule has 0 aliphatic rings. The van der Waals surface area contributed by atoms with E-state index in [9.17, 15) is 4.79 Å². The number of halogens is 2. The average Bonchev–Trinajstić information content (AvgIpc) is 3.29. The van der Waals surface area contributed by atoms with Gasteiger partial charge >= 0.3 is 0 Å². The van der Waals surface area contributed by atoms with E-state index in [2.05, 4.69) is 20.6 Å². The number of methoxy groups -OCH3 is 1. The second-order valence-corrected chi connectivity index (χ2v) is 8.18. The van der Waals surface area contributed by atoms with Crippen LogP contribution in [0.15, 0.2) is 55.0 Å². The van der Waals surface area contributed by atoms with Gasteiger partial charge in [-0.2, -0.15) is 0 Å². The van der Waals surface area contributed by atoms with Gasteiger partial charge in [0.1, 0.15) is 5.75 Å². The quantitative estimate of drug-likeness (QED) is 0.262. The number of fused-ring (bicyclic) bond motifs is 1. The summed E-state index contributed by atoms with van der Waals surface area (Å²) < 4.78 is 12.5. The number of rotatable bonds is 10. The number of ether oxygens (including phenoxy) is 2. The van der Waals surface area contributed by atoms with Crippen molar-refractivity contribution in [2.75, 3.05) is 38.7 Å². The minimum absolute atomic E-state index is 0. The number of aromatic nitrogens is 3. The number of nitrogens with two attached hydrogens (primary N) is 1. The highest BCUT2D eigenvalue weighted by atomic mass is 35.5. The number of imidazole rings is 1. The summed E-state index contributed by atoms with van der Waals surface area (Å²) in [6, 6.07) is 11.1. The molecule has 0 bridgehead atoms. The Hall–Kier alpha value is -3.37. The zero-order valence-electron chi connectivity index (χ0n) is 20.0. The topological polar surface area (TPSA) is 116 Å². The SMILES string of the molecule is COc1ccc(-c2cnc3c(Nc4ccc(C(=O)NCCOCCN)c(C)c4)nccn23)cc1Cl.Cl. The summed E-state index contributed by atoms with van der Waals surface area (Å²) in [5, 5.41) is 6.69. The predicted molar refractivity (Wildman–Crippen MR) is 144 cm³/mol. The number of anilines is 2. The molecule has 0 atom stereocenters. The van der Waals surface area contributed by atoms with Crippen molar-refractivity contribution in [1.29, 1.82) is 0 Å². The Balaban J connectivity index is 0.00000361. The number of benzene rings is 2. The third-order valence-electron chi connectivity index (χ3n) is 5.40. The van der Waals surface area contributed by atoms with Crippen molar-refractivity contribution < 1.29 is 14.3 Å². The number of carbonyl (C=O) groups is 1. The number of aryl methyl sites for hydroxylation is 1. The molecular formula is C25H28Cl2N6O3. The Labute approximate surface area is 220 Å². The number of hydrogen-bond donors (Lipinski definition) is 3. The normalized spacial score (nSPS) is 10.7. The van der Waals surface area contributed by atoms with Gasteiger partial charge in [0.05, 0.1) is 37.2 Å². The molecule has 0 aliphatic carbocycles. The second-order valence-electron chi connectivity index (χ2n) is 7.77. The van der Waals surface area contributed by atoms with Crippen LogP contribution >= 0.6 is 24.0 Å². The Kier molecular flexibility index (Phi) is 9.49. The highest BCUT2D eigenvalue weighted by molar-refractivity contribution is 6.32. The first-order valence-corrected chi connectivity index (χ1v) is 11.5. The third kappa shape index (κ3) is 6.06. The van der Waals surface area contributed by atoms with Gasteiger partial charge in [-0.25, -0.2) is 9.97 Å². The maximum atomic E-state index is 12.5. The van der Waals surface area contributed by atoms with Crippen LogP contribution in [0.2, 0.25) is 5.02 Å². The van der Waals surface area contributed by atoms with Gasteiger partial charge < -0.3 is 25.8 Å². The molecule has 0 spiro atoms. The monoisotopic (exact) mass is 530 g/mol. The van der Waals surface area contributed by atoms with Gasteiger partial charge in [-0.3, -0.25) is 9.20 Å². The van der Waals surface area contributed by atoms with Crippen molar-refractivity contribution in [1.82, 2.24) is 19.7 Å². The Morgan fingerprint density at radius 1 is 1.17 bits per heavy atom. The summed E-state index contributed by atoms with van der Waals surface area (Å²) >= 11 is 6.32. The molecule has 1 amide bonds. The van der Waals surface area contributed by atoms with Gasteiger partial charge in [-0.15, -0.1) is 12.4 Å². The average molecular weight is 531 g/mol. The van der Waals surface area contributed by atoms with E-state index in [1.54, 1.807) is 25.6 Å². The van der Waals surface area contributed by atoms with Crippen LogP contribution in [-0.4, -0.2) is 53.7 Å². The van der Waals surface area contributed by atoms with Gasteiger partial charge in [0.15, 0.2) is 11.5 Å². The predicted octanol–water partition coefficient (Wildman–Crippen LogP) is 4.24. The van der Waals surface area contributed by atoms with E-state index >= 15 is 0 Å². The fraction of sp³-hybridized carbons (Fsp3) is 0.240. The van der Waals surface area contributed by atoms with Crippen LogP contribution < -0.4 is 21.1 Å². The molecule has 4 aromatic rings. The van der Waals surface area contributed by atoms with E-state index in [4.69, 9.17) is 26.8 Å². The summed E-state index contributed by atoms with van der Waals surface area (Å²) in [5.41, 5.74) is 10.0. The molecule has 0 fully saturated rings. The van der Waals surface area contributed by atoms with E-state index in [1.807, 2.05) is 47.9 Å². The lowest BCUT2D eigenvalue weighted by Gasteiger charge is -2.12. The standard InChI is InChI=1S/C25H27ClN6O3.ClH/c1-16-13-18(4-5-19(16)25(33)29-9-12-35-11-7-27)31-23-24-30-15-21(32(24)10-8-28-23)17-3-6-22(34-2)20(26)14-17;/h3-6,8,10,13-15H,7,9,11-12,27H2,1-2H3,(H,28,31)(H,29,33);1H. The van der Waals surface area contributed by atoms with Crippen molar-refractivity contribution in [3.8, 4) is 17.0 Å². The van der Waals surface area contributed by atoms with Crippen molar-refractivity contribution in [2.24, 2.45) is 5.73 Å². The zero-order chi connectivity index (χ0) is 24.8. The minimum Gasteiger partial charge on any atom is -0.495 e. The summed E-state index contributed by atoms with van der Waals surface area (Å²) in [4.78, 5) is 21.5. The molecule has 0 radical (unpaired) electrons. The van der Waals surface area contributed by atoms with E-state index < -0.39 is 0 Å². The van der Waals surface area contributed by atoms with Gasteiger partial charge in [0.2, 0.25) is 0 Å². The molecule has 2 aromatic heterocycles. The van der Waals surface area contributed by atoms with Crippen LogP contribution in [0.25, 0.3) is 16.9 Å². The Bertz CT molecular complexity index is 1340. The summed E-state index contributed by atoms with van der Waals surface area (Å²) in [5.74, 6) is 1.05. The number of nitrogens with one attached hydrogen (secondary N) is 2. The van der Waals surface area contributed by atoms with Crippen LogP contribution in [0.1, 0.15) is 15.9 Å². The number of carbonyl (C=O) groups excluding carboxylic acids is 1. The van der Waals surface area contributed by atoms with Gasteiger partial charge in [-0.05, 0) is 48.9 Å². The smallest absolute Gasteiger partial charge is 0.251 e. The number of hydrogen-bond acceptors (Lipinski definition) is 7. The number of nitrogens with zero attached hydrogens (tertiary/aromatic N) is 3. The summed E-state index contributed by atoms with van der Waals surface area (Å²) in [6.07, 6.45) is 5.32. The Morgan fingerprint density at radius 3 is 2.72 bits per heavy atom. The first kappa shape index (κ1) is 27.2. The molecule has 2 aromatic carbocycles. The van der Waals surface area contributed by atoms with Crippen molar-refractivity contribution in [2.45, 2.75) is 6.92 Å². The largest absolute Gasteiger partial charge is 0.495 e. The molecule has 4 rings (SSSR count). The third-order valence-corrected chi connectivity index (χ3v) is 5.70. The van der Waals surface area contributed by atoms with E-state index in [-0.39, 0.29) is 18.3 Å². The van der Waals surface area contributed by atoms with Crippen LogP contribution in [0.3, 0.4) is 0 Å². The van der Waals surface area contributed by atoms with Crippen LogP contribution in [0.5, 0.6) is 5.75 Å². The van der Waals surface area contributed by atoms with Crippen molar-refractivity contribution in [3.63, 3.8) is 0 Å². The molecular weight excluding hydrogens is 503 g/mol. The number of amides is 1. The molecule has 0 unspecified atom stereocenters. The molecule has 2 heterocycles. The minimum atomic E-state index is -0.151. The molecule has 4 N–H and O–H groups in total. The summed E-state index contributed by atoms with van der Waals surface area (Å²) in [6.45, 7) is 3.67. The van der Waals surface area contributed by atoms with Crippen LogP contribution in [0.4, 0.5) is 11.5 Å². The van der Waals surface area contributed by atoms with E-state index in [1.165, 1.54) is 0 Å². The Morgan fingerprint density at radius 2 is 2.00 bits per heavy atom. The molecule has 0 saturated carbocycles. The van der Waals surface area contributed by atoms with E-state index in [0.29, 0.717) is 54.1 Å². The second kappa shape index (κ2) is 12.5. The maximum absolute atomic E-state index is 12.5. The lowest BCUT2D eigenvalue weighted by atomic mass is 10.1. The van der Waals surface area contributed by atoms with E-state index in [0.717, 1.165) is 22.5 Å². The highest BCUT2D eigenvalue weighted by Crippen LogP contribution is 2.31. The highest BCUT2D eigenvalue weighted by Gasteiger charge is 2.14. The fourth-order valence-electron chi connectivity index (χ4n) is 3.70. The lowest BCUT2D eigenvalue weighted by molar-refractivity contribution is 0.0919. The van der Waals surface area contributed by atoms with Crippen molar-refractivity contribution >= 4 is 47.1 Å². The molecule has 190 valence electrons.